The molecule has 0 amide bonds. The van der Waals surface area contributed by atoms with Gasteiger partial charge >= 0.3 is 0 Å². The van der Waals surface area contributed by atoms with Crippen LogP contribution in [0.25, 0.3) is 0 Å². The molecule has 0 aliphatic rings. The molecule has 0 spiro atoms. The molecule has 0 saturated heterocycles. The van der Waals surface area contributed by atoms with Crippen molar-refractivity contribution in [2.45, 2.75) is 65.8 Å². The lowest BCUT2D eigenvalue weighted by Gasteiger charge is -2.33. The molecule has 1 aromatic carbocycles. The molecule has 0 heterocycles. The van der Waals surface area contributed by atoms with Crippen LogP contribution in [0.4, 0.5) is 0 Å². The van der Waals surface area contributed by atoms with Crippen molar-refractivity contribution in [1.82, 2.24) is 0 Å². The molecule has 0 aromatic heterocycles. The van der Waals surface area contributed by atoms with Crippen molar-refractivity contribution in [3.63, 3.8) is 0 Å². The Hall–Kier alpha value is -0.440. The summed E-state index contributed by atoms with van der Waals surface area (Å²) in [7, 11) is 1.66. The van der Waals surface area contributed by atoms with Crippen molar-refractivity contribution in [2.24, 2.45) is 11.1 Å². The number of benzene rings is 1. The molecule has 1 unspecified atom stereocenters. The monoisotopic (exact) mass is 347 g/mol. The van der Waals surface area contributed by atoms with Crippen molar-refractivity contribution < 1.29 is 4.74 Å². The third-order valence-electron chi connectivity index (χ3n) is 3.62. The highest BCUT2D eigenvalue weighted by Gasteiger charge is 2.28. The number of nitrogens with two attached hydrogens (primary N) is 1. The number of halogens is 2. The lowest BCUT2D eigenvalue weighted by molar-refractivity contribution is 0.284. The molecule has 0 fully saturated rings. The maximum absolute atomic E-state index is 6.43. The molecular formula is C18H31Cl2NO. The van der Waals surface area contributed by atoms with Crippen molar-refractivity contribution in [1.29, 1.82) is 0 Å². The summed E-state index contributed by atoms with van der Waals surface area (Å²) in [5.74, 6) is 0.754. The van der Waals surface area contributed by atoms with E-state index in [0.717, 1.165) is 24.2 Å². The second-order valence-corrected chi connectivity index (χ2v) is 8.36. The maximum atomic E-state index is 6.43. The van der Waals surface area contributed by atoms with E-state index in [2.05, 4.69) is 40.7 Å². The summed E-state index contributed by atoms with van der Waals surface area (Å²) >= 11 is 6.43. The smallest absolute Gasteiger partial charge is 0.140 e. The van der Waals surface area contributed by atoms with E-state index in [9.17, 15) is 0 Å². The highest BCUT2D eigenvalue weighted by Crippen LogP contribution is 2.40. The first-order chi connectivity index (χ1) is 9.46. The van der Waals surface area contributed by atoms with Gasteiger partial charge in [-0.1, -0.05) is 52.3 Å². The largest absolute Gasteiger partial charge is 0.495 e. The van der Waals surface area contributed by atoms with Crippen LogP contribution in [0, 0.1) is 5.41 Å². The molecule has 0 bridgehead atoms. The van der Waals surface area contributed by atoms with Crippen LogP contribution in [0.3, 0.4) is 0 Å². The first-order valence-electron chi connectivity index (χ1n) is 7.59. The summed E-state index contributed by atoms with van der Waals surface area (Å²) in [5, 5.41) is 0.674. The third kappa shape index (κ3) is 5.98. The predicted molar refractivity (Wildman–Crippen MR) is 99.7 cm³/mol. The summed E-state index contributed by atoms with van der Waals surface area (Å²) in [6.45, 7) is 13.3. The summed E-state index contributed by atoms with van der Waals surface area (Å²) in [6, 6.07) is 4.33. The van der Waals surface area contributed by atoms with Crippen LogP contribution in [0.1, 0.15) is 59.1 Å². The minimum atomic E-state index is 0. The van der Waals surface area contributed by atoms with Crippen LogP contribution in [-0.4, -0.2) is 13.2 Å². The fourth-order valence-electron chi connectivity index (χ4n) is 3.20. The van der Waals surface area contributed by atoms with Gasteiger partial charge in [0, 0.05) is 6.04 Å². The van der Waals surface area contributed by atoms with Gasteiger partial charge < -0.3 is 10.5 Å². The Morgan fingerprint density at radius 2 is 1.73 bits per heavy atom. The summed E-state index contributed by atoms with van der Waals surface area (Å²) in [6.07, 6.45) is 1.85. The Balaban J connectivity index is 0.00000441. The van der Waals surface area contributed by atoms with E-state index < -0.39 is 0 Å². The maximum Gasteiger partial charge on any atom is 0.140 e. The van der Waals surface area contributed by atoms with E-state index in [-0.39, 0.29) is 29.3 Å². The lowest BCUT2D eigenvalue weighted by atomic mass is 9.72. The highest BCUT2D eigenvalue weighted by molar-refractivity contribution is 6.32. The second-order valence-electron chi connectivity index (χ2n) is 7.95. The van der Waals surface area contributed by atoms with E-state index in [0.29, 0.717) is 5.02 Å². The normalized spacial score (nSPS) is 13.5. The number of hydrogen-bond acceptors (Lipinski definition) is 2. The molecule has 0 radical (unpaired) electrons. The van der Waals surface area contributed by atoms with Crippen LogP contribution >= 0.6 is 24.0 Å². The standard InChI is InChI=1S/C18H30ClNO.ClH/c1-12(20)8-13-9-14(10-15(19)16(13)21-7)18(5,6)11-17(2,3)4;/h9-10,12H,8,11,20H2,1-7H3;1H. The van der Waals surface area contributed by atoms with Gasteiger partial charge in [0.2, 0.25) is 0 Å². The molecule has 4 heteroatoms. The van der Waals surface area contributed by atoms with Gasteiger partial charge in [0.1, 0.15) is 5.75 Å². The molecule has 22 heavy (non-hydrogen) atoms. The molecule has 0 aliphatic heterocycles. The number of rotatable bonds is 5. The Labute approximate surface area is 147 Å². The average Bonchev–Trinajstić information content (AvgIpc) is 2.24. The Morgan fingerprint density at radius 1 is 1.18 bits per heavy atom. The van der Waals surface area contributed by atoms with E-state index >= 15 is 0 Å². The summed E-state index contributed by atoms with van der Waals surface area (Å²) in [4.78, 5) is 0. The quantitative estimate of drug-likeness (QED) is 0.776. The van der Waals surface area contributed by atoms with Crippen molar-refractivity contribution >= 4 is 24.0 Å². The number of hydrogen-bond donors (Lipinski definition) is 1. The predicted octanol–water partition coefficient (Wildman–Crippen LogP) is 5.37. The van der Waals surface area contributed by atoms with E-state index in [1.807, 2.05) is 13.0 Å². The van der Waals surface area contributed by atoms with E-state index in [1.54, 1.807) is 7.11 Å². The summed E-state index contributed by atoms with van der Waals surface area (Å²) < 4.78 is 5.46. The van der Waals surface area contributed by atoms with Crippen LogP contribution < -0.4 is 10.5 Å². The minimum Gasteiger partial charge on any atom is -0.495 e. The van der Waals surface area contributed by atoms with Crippen molar-refractivity contribution in [2.75, 3.05) is 7.11 Å². The third-order valence-corrected chi connectivity index (χ3v) is 3.90. The van der Waals surface area contributed by atoms with Gasteiger partial charge in [-0.05, 0) is 47.8 Å². The Bertz CT molecular complexity index is 491. The van der Waals surface area contributed by atoms with Crippen molar-refractivity contribution in [3.05, 3.63) is 28.3 Å². The van der Waals surface area contributed by atoms with E-state index in [4.69, 9.17) is 22.1 Å². The Kier molecular flexibility index (Phi) is 7.74. The minimum absolute atomic E-state index is 0. The topological polar surface area (TPSA) is 35.2 Å². The molecule has 0 aliphatic carbocycles. The van der Waals surface area contributed by atoms with Gasteiger partial charge in [0.05, 0.1) is 12.1 Å². The van der Waals surface area contributed by atoms with Crippen LogP contribution in [0.2, 0.25) is 5.02 Å². The molecular weight excluding hydrogens is 317 g/mol. The first kappa shape index (κ1) is 21.6. The van der Waals surface area contributed by atoms with Crippen LogP contribution in [0.5, 0.6) is 5.75 Å². The summed E-state index contributed by atoms with van der Waals surface area (Å²) in [5.41, 5.74) is 8.62. The molecule has 1 atom stereocenters. The zero-order valence-corrected chi connectivity index (χ0v) is 16.5. The molecule has 2 nitrogen and oxygen atoms in total. The fourth-order valence-corrected chi connectivity index (χ4v) is 3.51. The first-order valence-corrected chi connectivity index (χ1v) is 7.96. The highest BCUT2D eigenvalue weighted by atomic mass is 35.5. The number of methoxy groups -OCH3 is 1. The van der Waals surface area contributed by atoms with Crippen molar-refractivity contribution in [3.8, 4) is 5.75 Å². The second kappa shape index (κ2) is 7.90. The van der Waals surface area contributed by atoms with Gasteiger partial charge in [-0.3, -0.25) is 0 Å². The lowest BCUT2D eigenvalue weighted by Crippen LogP contribution is -2.25. The van der Waals surface area contributed by atoms with E-state index in [1.165, 1.54) is 5.56 Å². The van der Waals surface area contributed by atoms with Crippen LogP contribution in [-0.2, 0) is 11.8 Å². The van der Waals surface area contributed by atoms with Gasteiger partial charge in [0.15, 0.2) is 0 Å². The van der Waals surface area contributed by atoms with Gasteiger partial charge in [-0.2, -0.15) is 0 Å². The Morgan fingerprint density at radius 3 is 2.14 bits per heavy atom. The van der Waals surface area contributed by atoms with Gasteiger partial charge in [0.25, 0.3) is 0 Å². The SMILES string of the molecule is COc1c(Cl)cc(C(C)(C)CC(C)(C)C)cc1CC(C)N.Cl. The fraction of sp³-hybridized carbons (Fsp3) is 0.667. The van der Waals surface area contributed by atoms with Crippen LogP contribution in [0.15, 0.2) is 12.1 Å². The molecule has 0 saturated carbocycles. The zero-order chi connectivity index (χ0) is 16.4. The average molecular weight is 348 g/mol. The zero-order valence-electron chi connectivity index (χ0n) is 14.9. The number of ether oxygens (including phenoxy) is 1. The molecule has 128 valence electrons. The molecule has 1 aromatic rings. The molecule has 2 N–H and O–H groups in total. The molecule has 1 rings (SSSR count). The van der Waals surface area contributed by atoms with Gasteiger partial charge in [-0.15, -0.1) is 12.4 Å². The van der Waals surface area contributed by atoms with Gasteiger partial charge in [-0.25, -0.2) is 0 Å².